The highest BCUT2D eigenvalue weighted by Crippen LogP contribution is 2.44. The van der Waals surface area contributed by atoms with Gasteiger partial charge in [-0.25, -0.2) is 4.79 Å². The zero-order chi connectivity index (χ0) is 25.2. The number of ether oxygens (including phenoxy) is 1. The van der Waals surface area contributed by atoms with Crippen LogP contribution in [0.25, 0.3) is 11.1 Å². The monoisotopic (exact) mass is 478 g/mol. The van der Waals surface area contributed by atoms with Gasteiger partial charge in [-0.3, -0.25) is 9.59 Å². The van der Waals surface area contributed by atoms with E-state index in [0.717, 1.165) is 17.5 Å². The van der Waals surface area contributed by atoms with Crippen molar-refractivity contribution in [2.75, 3.05) is 19.7 Å². The quantitative estimate of drug-likeness (QED) is 0.576. The lowest BCUT2D eigenvalue weighted by atomic mass is 9.81. The van der Waals surface area contributed by atoms with Gasteiger partial charge in [-0.1, -0.05) is 68.8 Å². The number of aliphatic carboxylic acids is 1. The number of carboxylic acids is 1. The molecule has 7 heteroatoms. The second-order valence-corrected chi connectivity index (χ2v) is 10.1. The number of benzene rings is 2. The van der Waals surface area contributed by atoms with Crippen LogP contribution in [-0.2, 0) is 14.3 Å². The molecule has 0 bridgehead atoms. The normalized spacial score (nSPS) is 21.8. The molecule has 2 aromatic carbocycles. The summed E-state index contributed by atoms with van der Waals surface area (Å²) < 4.78 is 5.65. The van der Waals surface area contributed by atoms with E-state index in [9.17, 15) is 19.5 Å². The molecular weight excluding hydrogens is 444 g/mol. The number of nitrogens with zero attached hydrogens (tertiary/aromatic N) is 1. The average Bonchev–Trinajstić information content (AvgIpc) is 3.33. The summed E-state index contributed by atoms with van der Waals surface area (Å²) in [6.07, 6.45) is 1.02. The van der Waals surface area contributed by atoms with E-state index in [1.54, 1.807) is 11.8 Å². The zero-order valence-corrected chi connectivity index (χ0v) is 20.6. The summed E-state index contributed by atoms with van der Waals surface area (Å²) in [5.74, 6) is -1.19. The van der Waals surface area contributed by atoms with Crippen molar-refractivity contribution in [2.45, 2.75) is 52.0 Å². The molecule has 7 nitrogen and oxygen atoms in total. The number of fused-ring (bicyclic) bond motifs is 3. The highest BCUT2D eigenvalue weighted by atomic mass is 16.5. The molecule has 1 fully saturated rings. The lowest BCUT2D eigenvalue weighted by Gasteiger charge is -2.24. The standard InChI is InChI=1S/C28H34N2O5/c1-4-9-19(14-25(31)30-15-18(2)28(3,17-30)26(32)33)29-27(34)35-16-24-22-12-7-5-10-20(22)21-11-6-8-13-23(21)24/h5-8,10-13,18-19,24H,4,9,14-17H2,1-3H3,(H,29,34)(H,32,33)/t18-,19+,28-/m1/s1. The van der Waals surface area contributed by atoms with Gasteiger partial charge in [0.25, 0.3) is 0 Å². The summed E-state index contributed by atoms with van der Waals surface area (Å²) >= 11 is 0. The Hall–Kier alpha value is -3.35. The summed E-state index contributed by atoms with van der Waals surface area (Å²) in [7, 11) is 0. The van der Waals surface area contributed by atoms with E-state index in [1.807, 2.05) is 38.1 Å². The summed E-state index contributed by atoms with van der Waals surface area (Å²) in [6, 6.07) is 16.0. The first-order chi connectivity index (χ1) is 16.7. The average molecular weight is 479 g/mol. The van der Waals surface area contributed by atoms with E-state index in [-0.39, 0.29) is 43.4 Å². The molecule has 2 aliphatic rings. The number of carboxylic acid groups (broad SMARTS) is 1. The first-order valence-electron chi connectivity index (χ1n) is 12.4. The SMILES string of the molecule is CCC[C@@H](CC(=O)N1C[C@@H](C)[C@](C)(C(=O)O)C1)NC(=O)OCC1c2ccccc2-c2ccccc21. The molecule has 2 N–H and O–H groups in total. The number of hydrogen-bond acceptors (Lipinski definition) is 4. The number of rotatable bonds is 8. The minimum absolute atomic E-state index is 0.0285. The van der Waals surface area contributed by atoms with Crippen LogP contribution in [0.15, 0.2) is 48.5 Å². The van der Waals surface area contributed by atoms with Crippen molar-refractivity contribution in [1.82, 2.24) is 10.2 Å². The topological polar surface area (TPSA) is 95.9 Å². The van der Waals surface area contributed by atoms with Crippen molar-refractivity contribution in [3.63, 3.8) is 0 Å². The number of amides is 2. The van der Waals surface area contributed by atoms with Gasteiger partial charge in [0.15, 0.2) is 0 Å². The van der Waals surface area contributed by atoms with Crippen molar-refractivity contribution in [3.8, 4) is 11.1 Å². The van der Waals surface area contributed by atoms with E-state index in [0.29, 0.717) is 13.0 Å². The molecule has 4 rings (SSSR count). The highest BCUT2D eigenvalue weighted by Gasteiger charge is 2.47. The Balaban J connectivity index is 1.36. The Kier molecular flexibility index (Phi) is 7.15. The van der Waals surface area contributed by atoms with Crippen LogP contribution in [0.4, 0.5) is 4.79 Å². The van der Waals surface area contributed by atoms with E-state index in [1.165, 1.54) is 11.1 Å². The Morgan fingerprint density at radius 1 is 1.11 bits per heavy atom. The largest absolute Gasteiger partial charge is 0.481 e. The van der Waals surface area contributed by atoms with Gasteiger partial charge in [0.2, 0.25) is 5.91 Å². The molecule has 1 aliphatic heterocycles. The predicted molar refractivity (Wildman–Crippen MR) is 133 cm³/mol. The maximum Gasteiger partial charge on any atom is 0.407 e. The number of carbonyl (C=O) groups is 3. The summed E-state index contributed by atoms with van der Waals surface area (Å²) in [5, 5.41) is 12.5. The molecule has 0 aromatic heterocycles. The van der Waals surface area contributed by atoms with Gasteiger partial charge in [-0.05, 0) is 41.5 Å². The smallest absolute Gasteiger partial charge is 0.407 e. The third-order valence-electron chi connectivity index (χ3n) is 7.67. The van der Waals surface area contributed by atoms with Gasteiger partial charge < -0.3 is 20.1 Å². The van der Waals surface area contributed by atoms with Crippen LogP contribution in [-0.4, -0.2) is 53.7 Å². The van der Waals surface area contributed by atoms with Crippen LogP contribution in [0.1, 0.15) is 57.1 Å². The first-order valence-corrected chi connectivity index (χ1v) is 12.4. The second-order valence-electron chi connectivity index (χ2n) is 10.1. The molecule has 1 aliphatic carbocycles. The third-order valence-corrected chi connectivity index (χ3v) is 7.67. The number of alkyl carbamates (subject to hydrolysis) is 1. The Morgan fingerprint density at radius 3 is 2.26 bits per heavy atom. The van der Waals surface area contributed by atoms with Gasteiger partial charge >= 0.3 is 12.1 Å². The van der Waals surface area contributed by atoms with Crippen LogP contribution < -0.4 is 5.32 Å². The van der Waals surface area contributed by atoms with Crippen LogP contribution in [0.5, 0.6) is 0 Å². The Bertz CT molecular complexity index is 1070. The van der Waals surface area contributed by atoms with Crippen molar-refractivity contribution in [3.05, 3.63) is 59.7 Å². The van der Waals surface area contributed by atoms with Crippen LogP contribution in [0.3, 0.4) is 0 Å². The van der Waals surface area contributed by atoms with Gasteiger partial charge in [-0.2, -0.15) is 0 Å². The fourth-order valence-corrected chi connectivity index (χ4v) is 5.34. The molecule has 2 amide bonds. The fourth-order valence-electron chi connectivity index (χ4n) is 5.34. The number of likely N-dealkylation sites (tertiary alicyclic amines) is 1. The fraction of sp³-hybridized carbons (Fsp3) is 0.464. The Labute approximate surface area is 206 Å². The molecule has 1 saturated heterocycles. The third kappa shape index (κ3) is 4.90. The van der Waals surface area contributed by atoms with E-state index in [2.05, 4.69) is 29.6 Å². The number of hydrogen-bond donors (Lipinski definition) is 2. The molecule has 2 aromatic rings. The van der Waals surface area contributed by atoms with Crippen molar-refractivity contribution in [1.29, 1.82) is 0 Å². The first kappa shape index (κ1) is 24.8. The molecule has 186 valence electrons. The molecule has 0 radical (unpaired) electrons. The summed E-state index contributed by atoms with van der Waals surface area (Å²) in [5.41, 5.74) is 3.67. The molecule has 3 atom stereocenters. The van der Waals surface area contributed by atoms with Crippen LogP contribution in [0.2, 0.25) is 0 Å². The van der Waals surface area contributed by atoms with Gasteiger partial charge in [0.05, 0.1) is 5.41 Å². The summed E-state index contributed by atoms with van der Waals surface area (Å²) in [6.45, 7) is 6.35. The molecule has 0 spiro atoms. The van der Waals surface area contributed by atoms with Crippen molar-refractivity contribution < 1.29 is 24.2 Å². The van der Waals surface area contributed by atoms with Gasteiger partial charge in [-0.15, -0.1) is 0 Å². The number of carbonyl (C=O) groups excluding carboxylic acids is 2. The zero-order valence-electron chi connectivity index (χ0n) is 20.6. The van der Waals surface area contributed by atoms with E-state index in [4.69, 9.17) is 4.74 Å². The molecule has 0 unspecified atom stereocenters. The van der Waals surface area contributed by atoms with E-state index >= 15 is 0 Å². The second kappa shape index (κ2) is 10.1. The molecule has 35 heavy (non-hydrogen) atoms. The lowest BCUT2D eigenvalue weighted by Crippen LogP contribution is -2.41. The van der Waals surface area contributed by atoms with E-state index < -0.39 is 17.5 Å². The highest BCUT2D eigenvalue weighted by molar-refractivity contribution is 5.82. The number of nitrogens with one attached hydrogen (secondary N) is 1. The van der Waals surface area contributed by atoms with Gasteiger partial charge in [0, 0.05) is 31.5 Å². The molecule has 1 heterocycles. The minimum atomic E-state index is -0.948. The van der Waals surface area contributed by atoms with Crippen molar-refractivity contribution in [2.24, 2.45) is 11.3 Å². The van der Waals surface area contributed by atoms with Crippen molar-refractivity contribution >= 4 is 18.0 Å². The Morgan fingerprint density at radius 2 is 1.71 bits per heavy atom. The molecular formula is C28H34N2O5. The van der Waals surface area contributed by atoms with Gasteiger partial charge in [0.1, 0.15) is 6.61 Å². The van der Waals surface area contributed by atoms with Crippen LogP contribution in [0, 0.1) is 11.3 Å². The maximum absolute atomic E-state index is 13.0. The lowest BCUT2D eigenvalue weighted by molar-refractivity contribution is -0.149. The summed E-state index contributed by atoms with van der Waals surface area (Å²) in [4.78, 5) is 39.0. The predicted octanol–water partition coefficient (Wildman–Crippen LogP) is 4.65. The van der Waals surface area contributed by atoms with Crippen LogP contribution >= 0.6 is 0 Å². The minimum Gasteiger partial charge on any atom is -0.481 e. The maximum atomic E-state index is 13.0. The molecule has 0 saturated carbocycles.